The number of nitrogens with zero attached hydrogens (tertiary/aromatic N) is 4. The molecule has 1 amide bonds. The van der Waals surface area contributed by atoms with Gasteiger partial charge in [-0.25, -0.2) is 14.8 Å². The third-order valence-corrected chi connectivity index (χ3v) is 5.19. The summed E-state index contributed by atoms with van der Waals surface area (Å²) in [6.45, 7) is 11.3. The van der Waals surface area contributed by atoms with Gasteiger partial charge in [0, 0.05) is 30.4 Å². The van der Waals surface area contributed by atoms with E-state index in [0.717, 1.165) is 34.8 Å². The lowest BCUT2D eigenvalue weighted by Crippen LogP contribution is -2.59. The molecule has 0 N–H and O–H groups in total. The molecule has 0 saturated carbocycles. The molecule has 7 heteroatoms. The van der Waals surface area contributed by atoms with E-state index in [4.69, 9.17) is 4.74 Å². The highest BCUT2D eigenvalue weighted by atomic mass is 32.2. The van der Waals surface area contributed by atoms with Crippen LogP contribution in [0.2, 0.25) is 0 Å². The summed E-state index contributed by atoms with van der Waals surface area (Å²) >= 11 is 1.54. The predicted molar refractivity (Wildman–Crippen MR) is 111 cm³/mol. The van der Waals surface area contributed by atoms with Gasteiger partial charge in [-0.1, -0.05) is 17.8 Å². The molecule has 1 fully saturated rings. The summed E-state index contributed by atoms with van der Waals surface area (Å²) in [6, 6.07) is 6.25. The number of thioether (sulfide) groups is 1. The van der Waals surface area contributed by atoms with Gasteiger partial charge in [-0.2, -0.15) is 0 Å². The summed E-state index contributed by atoms with van der Waals surface area (Å²) in [5.74, 6) is 0. The SMILES string of the molecule is CSc1ncc2c(N3C[C@@H](C)N(C(=O)OC(C)(C)C)[C@@H](C)C3)cccc2n1. The van der Waals surface area contributed by atoms with E-state index in [2.05, 4.69) is 34.8 Å². The molecule has 0 radical (unpaired) electrons. The van der Waals surface area contributed by atoms with Gasteiger partial charge in [-0.15, -0.1) is 0 Å². The number of carbonyl (C=O) groups excluding carboxylic acids is 1. The Morgan fingerprint density at radius 3 is 2.48 bits per heavy atom. The van der Waals surface area contributed by atoms with Gasteiger partial charge in [-0.3, -0.25) is 4.90 Å². The molecule has 1 aromatic heterocycles. The van der Waals surface area contributed by atoms with Crippen molar-refractivity contribution >= 4 is 34.4 Å². The fourth-order valence-electron chi connectivity index (χ4n) is 3.59. The lowest BCUT2D eigenvalue weighted by atomic mass is 10.1. The number of aromatic nitrogens is 2. The maximum Gasteiger partial charge on any atom is 0.410 e. The number of benzene rings is 1. The largest absolute Gasteiger partial charge is 0.444 e. The third-order valence-electron chi connectivity index (χ3n) is 4.63. The minimum Gasteiger partial charge on any atom is -0.444 e. The Hall–Kier alpha value is -2.02. The number of amides is 1. The van der Waals surface area contributed by atoms with Crippen molar-refractivity contribution in [2.45, 2.75) is 57.5 Å². The number of anilines is 1. The molecule has 1 aliphatic rings. The first-order valence-corrected chi connectivity index (χ1v) is 10.5. The van der Waals surface area contributed by atoms with Crippen molar-refractivity contribution in [1.82, 2.24) is 14.9 Å². The van der Waals surface area contributed by atoms with Gasteiger partial charge >= 0.3 is 6.09 Å². The van der Waals surface area contributed by atoms with Gasteiger partial charge < -0.3 is 9.64 Å². The molecule has 0 bridgehead atoms. The molecule has 1 aromatic carbocycles. The number of ether oxygens (including phenoxy) is 1. The van der Waals surface area contributed by atoms with Crippen molar-refractivity contribution < 1.29 is 9.53 Å². The van der Waals surface area contributed by atoms with Gasteiger partial charge in [-0.05, 0) is 53.0 Å². The monoisotopic (exact) mass is 388 g/mol. The van der Waals surface area contributed by atoms with Gasteiger partial charge in [0.25, 0.3) is 0 Å². The average Bonchev–Trinajstić information content (AvgIpc) is 2.58. The minimum absolute atomic E-state index is 0.0465. The maximum absolute atomic E-state index is 12.6. The van der Waals surface area contributed by atoms with Gasteiger partial charge in [0.2, 0.25) is 0 Å². The van der Waals surface area contributed by atoms with Crippen LogP contribution in [0.5, 0.6) is 0 Å². The van der Waals surface area contributed by atoms with Crippen LogP contribution in [0.3, 0.4) is 0 Å². The highest BCUT2D eigenvalue weighted by Gasteiger charge is 2.36. The number of hydrogen-bond donors (Lipinski definition) is 0. The van der Waals surface area contributed by atoms with E-state index in [0.29, 0.717) is 0 Å². The van der Waals surface area contributed by atoms with Gasteiger partial charge in [0.05, 0.1) is 17.6 Å². The standard InChI is InChI=1S/C20H28N4O2S/c1-13-11-23(12-14(2)24(13)19(25)26-20(3,4)5)17-9-7-8-16-15(17)10-21-18(22-16)27-6/h7-10,13-14H,11-12H2,1-6H3/t13-,14+. The van der Waals surface area contributed by atoms with Crippen LogP contribution >= 0.6 is 11.8 Å². The number of hydrogen-bond acceptors (Lipinski definition) is 6. The molecule has 0 spiro atoms. The van der Waals surface area contributed by atoms with Crippen LogP contribution in [0.4, 0.5) is 10.5 Å². The summed E-state index contributed by atoms with van der Waals surface area (Å²) in [6.07, 6.45) is 3.64. The summed E-state index contributed by atoms with van der Waals surface area (Å²) in [7, 11) is 0. The quantitative estimate of drug-likeness (QED) is 0.568. The van der Waals surface area contributed by atoms with Gasteiger partial charge in [0.1, 0.15) is 5.60 Å². The highest BCUT2D eigenvalue weighted by Crippen LogP contribution is 2.30. The second kappa shape index (κ2) is 7.54. The van der Waals surface area contributed by atoms with Crippen molar-refractivity contribution in [3.63, 3.8) is 0 Å². The molecule has 1 saturated heterocycles. The molecule has 146 valence electrons. The van der Waals surface area contributed by atoms with Crippen LogP contribution in [-0.2, 0) is 4.74 Å². The summed E-state index contributed by atoms with van der Waals surface area (Å²) in [5, 5.41) is 1.82. The topological polar surface area (TPSA) is 58.6 Å². The third kappa shape index (κ3) is 4.29. The zero-order valence-electron chi connectivity index (χ0n) is 16.9. The Bertz CT molecular complexity index is 824. The molecule has 1 aliphatic heterocycles. The van der Waals surface area contributed by atoms with E-state index in [1.807, 2.05) is 50.3 Å². The molecular formula is C20H28N4O2S. The molecule has 0 unspecified atom stereocenters. The van der Waals surface area contributed by atoms with Crippen molar-refractivity contribution in [2.24, 2.45) is 0 Å². The number of carbonyl (C=O) groups is 1. The molecule has 3 rings (SSSR count). The average molecular weight is 389 g/mol. The lowest BCUT2D eigenvalue weighted by molar-refractivity contribution is 0.00568. The lowest BCUT2D eigenvalue weighted by Gasteiger charge is -2.45. The molecule has 2 aromatic rings. The van der Waals surface area contributed by atoms with Crippen molar-refractivity contribution in [3.8, 4) is 0 Å². The molecular weight excluding hydrogens is 360 g/mol. The van der Waals surface area contributed by atoms with E-state index in [1.54, 1.807) is 0 Å². The molecule has 27 heavy (non-hydrogen) atoms. The van der Waals surface area contributed by atoms with Crippen LogP contribution in [0, 0.1) is 0 Å². The number of piperazine rings is 1. The van der Waals surface area contributed by atoms with E-state index >= 15 is 0 Å². The first-order chi connectivity index (χ1) is 12.7. The smallest absolute Gasteiger partial charge is 0.410 e. The Labute approximate surface area is 165 Å². The summed E-state index contributed by atoms with van der Waals surface area (Å²) < 4.78 is 5.60. The van der Waals surface area contributed by atoms with Crippen LogP contribution in [0.15, 0.2) is 29.6 Å². The second-order valence-corrected chi connectivity index (χ2v) is 8.83. The van der Waals surface area contributed by atoms with Crippen LogP contribution < -0.4 is 4.90 Å². The van der Waals surface area contributed by atoms with Crippen LogP contribution in [0.25, 0.3) is 10.9 Å². The molecule has 0 aliphatic carbocycles. The van der Waals surface area contributed by atoms with Crippen molar-refractivity contribution in [1.29, 1.82) is 0 Å². The fraction of sp³-hybridized carbons (Fsp3) is 0.550. The first kappa shape index (κ1) is 19.7. The van der Waals surface area contributed by atoms with E-state index in [1.165, 1.54) is 11.8 Å². The van der Waals surface area contributed by atoms with E-state index in [9.17, 15) is 4.79 Å². The summed E-state index contributed by atoms with van der Waals surface area (Å²) in [5.41, 5.74) is 1.57. The zero-order valence-corrected chi connectivity index (χ0v) is 17.7. The normalized spacial score (nSPS) is 20.8. The zero-order chi connectivity index (χ0) is 19.8. The first-order valence-electron chi connectivity index (χ1n) is 9.25. The second-order valence-electron chi connectivity index (χ2n) is 8.06. The van der Waals surface area contributed by atoms with Gasteiger partial charge in [0.15, 0.2) is 5.16 Å². The molecule has 6 nitrogen and oxygen atoms in total. The number of rotatable bonds is 2. The fourth-order valence-corrected chi connectivity index (χ4v) is 3.94. The highest BCUT2D eigenvalue weighted by molar-refractivity contribution is 7.98. The van der Waals surface area contributed by atoms with Crippen molar-refractivity contribution in [3.05, 3.63) is 24.4 Å². The van der Waals surface area contributed by atoms with Crippen LogP contribution in [0.1, 0.15) is 34.6 Å². The Morgan fingerprint density at radius 2 is 1.89 bits per heavy atom. The van der Waals surface area contributed by atoms with Crippen LogP contribution in [-0.4, -0.2) is 58.0 Å². The Morgan fingerprint density at radius 1 is 1.22 bits per heavy atom. The summed E-state index contributed by atoms with van der Waals surface area (Å²) in [4.78, 5) is 25.9. The maximum atomic E-state index is 12.6. The van der Waals surface area contributed by atoms with E-state index < -0.39 is 5.60 Å². The number of fused-ring (bicyclic) bond motifs is 1. The Kier molecular flexibility index (Phi) is 5.51. The minimum atomic E-state index is -0.490. The molecule has 2 heterocycles. The predicted octanol–water partition coefficient (Wildman–Crippen LogP) is 4.19. The molecule has 2 atom stereocenters. The Balaban J connectivity index is 1.85. The van der Waals surface area contributed by atoms with Crippen molar-refractivity contribution in [2.75, 3.05) is 24.2 Å². The van der Waals surface area contributed by atoms with E-state index in [-0.39, 0.29) is 18.2 Å².